The number of ether oxygens (including phenoxy) is 2. The third-order valence-corrected chi connectivity index (χ3v) is 12.0. The SMILES string of the molecule is Cc1ccc(S(=O)(=O)OCCCCC[C@@H]2Cc3ccccc3[C@H]3CC[C@]4(COC5CCCCO5)C(=O)CC[C@H]4[C@H]23)cc1. The standard InChI is InChI=1S/C35H46O6S/c1-25-13-15-28(16-14-25)42(37,38)41-22-7-2-3-10-27-23-26-9-4-5-11-29(26)30-19-20-35(24-40-33-12-6-8-21-39-33)31(34(27)30)17-18-32(35)36/h4-5,9,11,13-16,27,30-31,33-34H,2-3,6-8,10,12,17-24H2,1H3/t27-,30-,31+,33?,34-,35-/m1/s1. The average Bonchev–Trinajstić information content (AvgIpc) is 3.34. The van der Waals surface area contributed by atoms with Crippen LogP contribution in [0.4, 0.5) is 0 Å². The van der Waals surface area contributed by atoms with Crippen molar-refractivity contribution in [1.29, 1.82) is 0 Å². The van der Waals surface area contributed by atoms with Gasteiger partial charge in [-0.3, -0.25) is 8.98 Å². The predicted molar refractivity (Wildman–Crippen MR) is 162 cm³/mol. The normalized spacial score (nSPS) is 30.9. The van der Waals surface area contributed by atoms with Gasteiger partial charge in [-0.05, 0) is 112 Å². The summed E-state index contributed by atoms with van der Waals surface area (Å²) in [6.45, 7) is 3.39. The van der Waals surface area contributed by atoms with E-state index in [0.29, 0.717) is 48.9 Å². The second kappa shape index (κ2) is 12.9. The van der Waals surface area contributed by atoms with Crippen molar-refractivity contribution in [2.24, 2.45) is 23.2 Å². The number of hydrogen-bond acceptors (Lipinski definition) is 6. The van der Waals surface area contributed by atoms with E-state index in [2.05, 4.69) is 24.3 Å². The molecule has 7 heteroatoms. The van der Waals surface area contributed by atoms with Gasteiger partial charge in [-0.15, -0.1) is 0 Å². The molecule has 0 spiro atoms. The van der Waals surface area contributed by atoms with Gasteiger partial charge in [-0.2, -0.15) is 8.42 Å². The van der Waals surface area contributed by atoms with Gasteiger partial charge in [0.15, 0.2) is 6.29 Å². The first-order valence-electron chi connectivity index (χ1n) is 16.2. The van der Waals surface area contributed by atoms with Gasteiger partial charge >= 0.3 is 0 Å². The van der Waals surface area contributed by atoms with Crippen LogP contribution in [0.2, 0.25) is 0 Å². The predicted octanol–water partition coefficient (Wildman–Crippen LogP) is 7.14. The van der Waals surface area contributed by atoms with Gasteiger partial charge in [-0.1, -0.05) is 54.8 Å². The van der Waals surface area contributed by atoms with Crippen molar-refractivity contribution < 1.29 is 26.9 Å². The molecule has 0 amide bonds. The molecular formula is C35H46O6S. The Morgan fingerprint density at radius 2 is 1.81 bits per heavy atom. The maximum atomic E-state index is 13.6. The highest BCUT2D eigenvalue weighted by molar-refractivity contribution is 7.86. The summed E-state index contributed by atoms with van der Waals surface area (Å²) in [5, 5.41) is 0. The van der Waals surface area contributed by atoms with Crippen molar-refractivity contribution in [2.75, 3.05) is 19.8 Å². The van der Waals surface area contributed by atoms with Crippen molar-refractivity contribution in [2.45, 2.75) is 101 Å². The number of ketones is 1. The van der Waals surface area contributed by atoms with E-state index in [9.17, 15) is 13.2 Å². The van der Waals surface area contributed by atoms with Gasteiger partial charge in [0.2, 0.25) is 0 Å². The molecule has 1 aliphatic heterocycles. The number of fused-ring (bicyclic) bond motifs is 5. The molecule has 6 nitrogen and oxygen atoms in total. The lowest BCUT2D eigenvalue weighted by Crippen LogP contribution is -2.50. The monoisotopic (exact) mass is 594 g/mol. The molecule has 3 aliphatic carbocycles. The van der Waals surface area contributed by atoms with Crippen LogP contribution in [0.1, 0.15) is 93.2 Å². The highest BCUT2D eigenvalue weighted by atomic mass is 32.2. The molecule has 4 aliphatic rings. The summed E-state index contributed by atoms with van der Waals surface area (Å²) < 4.78 is 42.7. The van der Waals surface area contributed by atoms with E-state index >= 15 is 0 Å². The van der Waals surface area contributed by atoms with Crippen LogP contribution in [0.3, 0.4) is 0 Å². The summed E-state index contributed by atoms with van der Waals surface area (Å²) in [6, 6.07) is 15.7. The van der Waals surface area contributed by atoms with Crippen LogP contribution < -0.4 is 0 Å². The number of unbranched alkanes of at least 4 members (excludes halogenated alkanes) is 2. The number of benzene rings is 2. The lowest BCUT2D eigenvalue weighted by Gasteiger charge is -2.53. The molecule has 1 saturated heterocycles. The molecular weight excluding hydrogens is 548 g/mol. The van der Waals surface area contributed by atoms with Gasteiger partial charge in [0.1, 0.15) is 5.78 Å². The van der Waals surface area contributed by atoms with E-state index in [1.807, 2.05) is 6.92 Å². The maximum Gasteiger partial charge on any atom is 0.296 e. The van der Waals surface area contributed by atoms with Crippen LogP contribution in [0.15, 0.2) is 53.4 Å². The summed E-state index contributed by atoms with van der Waals surface area (Å²) in [4.78, 5) is 13.8. The zero-order chi connectivity index (χ0) is 29.2. The molecule has 2 saturated carbocycles. The number of carbonyl (C=O) groups is 1. The minimum atomic E-state index is -3.72. The number of carbonyl (C=O) groups excluding carboxylic acids is 1. The molecule has 6 atom stereocenters. The first-order chi connectivity index (χ1) is 20.4. The summed E-state index contributed by atoms with van der Waals surface area (Å²) in [7, 11) is -3.72. The smallest absolute Gasteiger partial charge is 0.296 e. The van der Waals surface area contributed by atoms with E-state index in [1.165, 1.54) is 11.1 Å². The third-order valence-electron chi connectivity index (χ3n) is 10.7. The first kappa shape index (κ1) is 30.0. The van der Waals surface area contributed by atoms with Gasteiger partial charge in [-0.25, -0.2) is 0 Å². The van der Waals surface area contributed by atoms with Crippen LogP contribution in [-0.2, 0) is 35.0 Å². The Balaban J connectivity index is 1.10. The summed E-state index contributed by atoms with van der Waals surface area (Å²) >= 11 is 0. The molecule has 3 fully saturated rings. The second-order valence-electron chi connectivity index (χ2n) is 13.2. The summed E-state index contributed by atoms with van der Waals surface area (Å²) in [5.74, 6) is 2.26. The van der Waals surface area contributed by atoms with Gasteiger partial charge in [0, 0.05) is 13.0 Å². The molecule has 1 unspecified atom stereocenters. The number of Topliss-reactive ketones (excluding diaryl/α,β-unsaturated/α-hetero) is 1. The van der Waals surface area contributed by atoms with Crippen LogP contribution in [-0.4, -0.2) is 40.3 Å². The van der Waals surface area contributed by atoms with Gasteiger partial charge in [0.25, 0.3) is 10.1 Å². The Labute approximate surface area is 251 Å². The fourth-order valence-corrected chi connectivity index (χ4v) is 9.52. The minimum Gasteiger partial charge on any atom is -0.353 e. The maximum absolute atomic E-state index is 13.6. The van der Waals surface area contributed by atoms with Crippen molar-refractivity contribution in [3.63, 3.8) is 0 Å². The molecule has 0 radical (unpaired) electrons. The molecule has 2 aromatic carbocycles. The Kier molecular flexibility index (Phi) is 9.20. The Morgan fingerprint density at radius 1 is 0.976 bits per heavy atom. The molecule has 0 aromatic heterocycles. The number of aryl methyl sites for hydroxylation is 1. The minimum absolute atomic E-state index is 0.167. The number of hydrogen-bond donors (Lipinski definition) is 0. The van der Waals surface area contributed by atoms with Crippen LogP contribution in [0, 0.1) is 30.1 Å². The van der Waals surface area contributed by atoms with E-state index in [4.69, 9.17) is 13.7 Å². The molecule has 2 aromatic rings. The molecule has 228 valence electrons. The van der Waals surface area contributed by atoms with Crippen LogP contribution in [0.25, 0.3) is 0 Å². The molecule has 0 bridgehead atoms. The van der Waals surface area contributed by atoms with Gasteiger partial charge in [0.05, 0.1) is 23.5 Å². The van der Waals surface area contributed by atoms with Crippen molar-refractivity contribution in [3.8, 4) is 0 Å². The lowest BCUT2D eigenvalue weighted by molar-refractivity contribution is -0.191. The lowest BCUT2D eigenvalue weighted by atomic mass is 9.52. The zero-order valence-corrected chi connectivity index (χ0v) is 25.8. The van der Waals surface area contributed by atoms with Crippen LogP contribution in [0.5, 0.6) is 0 Å². The van der Waals surface area contributed by atoms with Crippen molar-refractivity contribution in [1.82, 2.24) is 0 Å². The van der Waals surface area contributed by atoms with Gasteiger partial charge < -0.3 is 9.47 Å². The highest BCUT2D eigenvalue weighted by Crippen LogP contribution is 2.61. The Bertz CT molecular complexity index is 1330. The summed E-state index contributed by atoms with van der Waals surface area (Å²) in [5.41, 5.74) is 3.62. The first-order valence-corrected chi connectivity index (χ1v) is 17.6. The fourth-order valence-electron chi connectivity index (χ4n) is 8.58. The quantitative estimate of drug-likeness (QED) is 0.203. The Hall–Kier alpha value is -2.06. The zero-order valence-electron chi connectivity index (χ0n) is 25.0. The molecule has 1 heterocycles. The average molecular weight is 595 g/mol. The van der Waals surface area contributed by atoms with Crippen molar-refractivity contribution >= 4 is 15.9 Å². The molecule has 0 N–H and O–H groups in total. The number of rotatable bonds is 11. The highest BCUT2D eigenvalue weighted by Gasteiger charge is 2.59. The van der Waals surface area contributed by atoms with E-state index in [-0.39, 0.29) is 23.2 Å². The van der Waals surface area contributed by atoms with Crippen LogP contribution >= 0.6 is 0 Å². The molecule has 6 rings (SSSR count). The third kappa shape index (κ3) is 6.12. The van der Waals surface area contributed by atoms with E-state index < -0.39 is 10.1 Å². The topological polar surface area (TPSA) is 78.9 Å². The largest absolute Gasteiger partial charge is 0.353 e. The van der Waals surface area contributed by atoms with E-state index in [0.717, 1.165) is 76.4 Å². The fraction of sp³-hybridized carbons (Fsp3) is 0.629. The molecule has 42 heavy (non-hydrogen) atoms. The van der Waals surface area contributed by atoms with Crippen molar-refractivity contribution in [3.05, 3.63) is 65.2 Å². The van der Waals surface area contributed by atoms with E-state index in [1.54, 1.807) is 24.3 Å². The Morgan fingerprint density at radius 3 is 2.62 bits per heavy atom. The second-order valence-corrected chi connectivity index (χ2v) is 14.8. The summed E-state index contributed by atoms with van der Waals surface area (Å²) in [6.07, 6.45) is 11.4.